The van der Waals surface area contributed by atoms with Crippen molar-refractivity contribution < 1.29 is 24.2 Å². The molecule has 0 saturated carbocycles. The highest BCUT2D eigenvalue weighted by Crippen LogP contribution is 2.39. The van der Waals surface area contributed by atoms with Crippen LogP contribution in [0, 0.1) is 0 Å². The Kier molecular flexibility index (Phi) is 6.02. The lowest BCUT2D eigenvalue weighted by atomic mass is 9.95. The first kappa shape index (κ1) is 19.9. The number of rotatable bonds is 6. The molecule has 0 unspecified atom stereocenters. The van der Waals surface area contributed by atoms with Crippen molar-refractivity contribution in [1.29, 1.82) is 0 Å². The standard InChI is InChI=1S/C21H20ClNO5/c1-27-12-11-23-18(13-3-7-15(22)8-4-13)17(20(25)21(23)26)19(24)14-5-9-16(28-2)10-6-14/h3-10,18,24H,11-12H2,1-2H3/t18-/m0/s1. The van der Waals surface area contributed by atoms with E-state index in [1.54, 1.807) is 48.5 Å². The van der Waals surface area contributed by atoms with Gasteiger partial charge in [-0.1, -0.05) is 23.7 Å². The van der Waals surface area contributed by atoms with Crippen molar-refractivity contribution in [1.82, 2.24) is 4.90 Å². The molecule has 1 amide bonds. The van der Waals surface area contributed by atoms with E-state index in [9.17, 15) is 14.7 Å². The zero-order valence-electron chi connectivity index (χ0n) is 15.5. The Morgan fingerprint density at radius 2 is 1.71 bits per heavy atom. The minimum atomic E-state index is -0.732. The van der Waals surface area contributed by atoms with E-state index >= 15 is 0 Å². The molecule has 7 heteroatoms. The molecule has 1 aliphatic heterocycles. The van der Waals surface area contributed by atoms with Gasteiger partial charge in [0, 0.05) is 24.2 Å². The van der Waals surface area contributed by atoms with Gasteiger partial charge in [-0.3, -0.25) is 9.59 Å². The highest BCUT2D eigenvalue weighted by Gasteiger charge is 2.45. The van der Waals surface area contributed by atoms with Gasteiger partial charge in [-0.25, -0.2) is 0 Å². The van der Waals surface area contributed by atoms with Gasteiger partial charge in [0.05, 0.1) is 25.3 Å². The highest BCUT2D eigenvalue weighted by molar-refractivity contribution is 6.46. The number of ether oxygens (including phenoxy) is 2. The molecule has 1 saturated heterocycles. The van der Waals surface area contributed by atoms with Crippen LogP contribution in [0.15, 0.2) is 54.1 Å². The minimum Gasteiger partial charge on any atom is -0.507 e. The highest BCUT2D eigenvalue weighted by atomic mass is 35.5. The topological polar surface area (TPSA) is 76.1 Å². The van der Waals surface area contributed by atoms with E-state index in [2.05, 4.69) is 0 Å². The summed E-state index contributed by atoms with van der Waals surface area (Å²) in [6.45, 7) is 0.480. The molecule has 0 bridgehead atoms. The van der Waals surface area contributed by atoms with Crippen molar-refractivity contribution in [2.75, 3.05) is 27.4 Å². The van der Waals surface area contributed by atoms with Crippen LogP contribution in [0.2, 0.25) is 5.02 Å². The summed E-state index contributed by atoms with van der Waals surface area (Å²) in [5, 5.41) is 11.4. The third-order valence-electron chi connectivity index (χ3n) is 4.63. The summed E-state index contributed by atoms with van der Waals surface area (Å²) in [7, 11) is 3.06. The van der Waals surface area contributed by atoms with Gasteiger partial charge < -0.3 is 19.5 Å². The quantitative estimate of drug-likeness (QED) is 0.456. The van der Waals surface area contributed by atoms with Crippen LogP contribution >= 0.6 is 11.6 Å². The number of aliphatic hydroxyl groups excluding tert-OH is 1. The third kappa shape index (κ3) is 3.74. The number of methoxy groups -OCH3 is 2. The van der Waals surface area contributed by atoms with E-state index in [1.165, 1.54) is 19.1 Å². The van der Waals surface area contributed by atoms with Crippen molar-refractivity contribution in [3.8, 4) is 5.75 Å². The lowest BCUT2D eigenvalue weighted by molar-refractivity contribution is -0.140. The van der Waals surface area contributed by atoms with Gasteiger partial charge in [0.25, 0.3) is 11.7 Å². The van der Waals surface area contributed by atoms with E-state index in [0.717, 1.165) is 0 Å². The number of amides is 1. The van der Waals surface area contributed by atoms with Gasteiger partial charge in [-0.15, -0.1) is 0 Å². The molecule has 6 nitrogen and oxygen atoms in total. The Hall–Kier alpha value is -2.83. The SMILES string of the molecule is COCCN1C(=O)C(=O)C(=C(O)c2ccc(OC)cc2)[C@@H]1c1ccc(Cl)cc1. The van der Waals surface area contributed by atoms with Crippen LogP contribution in [0.4, 0.5) is 0 Å². The molecule has 1 fully saturated rings. The molecule has 2 aromatic rings. The number of ketones is 1. The molecular formula is C21H20ClNO5. The number of benzene rings is 2. The fourth-order valence-electron chi connectivity index (χ4n) is 3.20. The summed E-state index contributed by atoms with van der Waals surface area (Å²) in [6, 6.07) is 12.7. The summed E-state index contributed by atoms with van der Waals surface area (Å²) >= 11 is 5.98. The summed E-state index contributed by atoms with van der Waals surface area (Å²) in [5.74, 6) is -1.02. The Balaban J connectivity index is 2.12. The van der Waals surface area contributed by atoms with Crippen molar-refractivity contribution >= 4 is 29.1 Å². The van der Waals surface area contributed by atoms with E-state index in [-0.39, 0.29) is 24.5 Å². The first-order chi connectivity index (χ1) is 13.5. The van der Waals surface area contributed by atoms with Gasteiger partial charge in [0.15, 0.2) is 0 Å². The average Bonchev–Trinajstić information content (AvgIpc) is 2.97. The van der Waals surface area contributed by atoms with Crippen LogP contribution in [0.5, 0.6) is 5.75 Å². The lowest BCUT2D eigenvalue weighted by Gasteiger charge is -2.25. The molecule has 1 N–H and O–H groups in total. The van der Waals surface area contributed by atoms with Crippen LogP contribution in [0.1, 0.15) is 17.2 Å². The van der Waals surface area contributed by atoms with Gasteiger partial charge in [0.2, 0.25) is 0 Å². The first-order valence-corrected chi connectivity index (χ1v) is 9.03. The molecule has 0 radical (unpaired) electrons. The Morgan fingerprint density at radius 1 is 1.07 bits per heavy atom. The lowest BCUT2D eigenvalue weighted by Crippen LogP contribution is -2.32. The number of aliphatic hydroxyl groups is 1. The number of Topliss-reactive ketones (excluding diaryl/α,β-unsaturated/α-hetero) is 1. The summed E-state index contributed by atoms with van der Waals surface area (Å²) in [6.07, 6.45) is 0. The molecule has 0 spiro atoms. The molecule has 3 rings (SSSR count). The number of carbonyl (C=O) groups is 2. The molecule has 1 aliphatic rings. The smallest absolute Gasteiger partial charge is 0.295 e. The van der Waals surface area contributed by atoms with Crippen LogP contribution in [0.3, 0.4) is 0 Å². The fourth-order valence-corrected chi connectivity index (χ4v) is 3.32. The van der Waals surface area contributed by atoms with Crippen molar-refractivity contribution in [2.24, 2.45) is 0 Å². The minimum absolute atomic E-state index is 0.0357. The van der Waals surface area contributed by atoms with Gasteiger partial charge in [0.1, 0.15) is 11.5 Å². The van der Waals surface area contributed by atoms with Gasteiger partial charge in [-0.05, 0) is 42.0 Å². The zero-order chi connectivity index (χ0) is 20.3. The number of hydrogen-bond donors (Lipinski definition) is 1. The van der Waals surface area contributed by atoms with E-state index in [0.29, 0.717) is 21.9 Å². The maximum Gasteiger partial charge on any atom is 0.295 e. The van der Waals surface area contributed by atoms with E-state index in [1.807, 2.05) is 0 Å². The largest absolute Gasteiger partial charge is 0.507 e. The summed E-state index contributed by atoms with van der Waals surface area (Å²) < 4.78 is 10.2. The second kappa shape index (κ2) is 8.46. The number of halogens is 1. The van der Waals surface area contributed by atoms with Crippen molar-refractivity contribution in [2.45, 2.75) is 6.04 Å². The van der Waals surface area contributed by atoms with Crippen LogP contribution in [0.25, 0.3) is 5.76 Å². The maximum absolute atomic E-state index is 12.8. The normalized spacial score (nSPS) is 18.5. The number of hydrogen-bond acceptors (Lipinski definition) is 5. The van der Waals surface area contributed by atoms with Gasteiger partial charge >= 0.3 is 0 Å². The van der Waals surface area contributed by atoms with E-state index < -0.39 is 17.7 Å². The monoisotopic (exact) mass is 401 g/mol. The predicted octanol–water partition coefficient (Wildman–Crippen LogP) is 3.42. The number of nitrogens with zero attached hydrogens (tertiary/aromatic N) is 1. The second-order valence-corrected chi connectivity index (χ2v) is 6.70. The number of likely N-dealkylation sites (tertiary alicyclic amines) is 1. The molecule has 146 valence electrons. The second-order valence-electron chi connectivity index (χ2n) is 6.27. The molecule has 28 heavy (non-hydrogen) atoms. The van der Waals surface area contributed by atoms with Crippen LogP contribution < -0.4 is 4.74 Å². The molecular weight excluding hydrogens is 382 g/mol. The Morgan fingerprint density at radius 3 is 2.29 bits per heavy atom. The maximum atomic E-state index is 12.8. The fraction of sp³-hybridized carbons (Fsp3) is 0.238. The molecule has 2 aromatic carbocycles. The van der Waals surface area contributed by atoms with Gasteiger partial charge in [-0.2, -0.15) is 0 Å². The van der Waals surface area contributed by atoms with Crippen LogP contribution in [-0.4, -0.2) is 49.1 Å². The molecule has 0 aliphatic carbocycles. The number of carbonyl (C=O) groups excluding carboxylic acids is 2. The molecule has 1 heterocycles. The molecule has 0 aromatic heterocycles. The predicted molar refractivity (Wildman–Crippen MR) is 105 cm³/mol. The molecule has 1 atom stereocenters. The van der Waals surface area contributed by atoms with E-state index in [4.69, 9.17) is 21.1 Å². The Bertz CT molecular complexity index is 905. The van der Waals surface area contributed by atoms with Crippen LogP contribution in [-0.2, 0) is 14.3 Å². The summed E-state index contributed by atoms with van der Waals surface area (Å²) in [4.78, 5) is 26.8. The van der Waals surface area contributed by atoms with Crippen molar-refractivity contribution in [3.05, 3.63) is 70.3 Å². The summed E-state index contributed by atoms with van der Waals surface area (Å²) in [5.41, 5.74) is 1.13. The zero-order valence-corrected chi connectivity index (χ0v) is 16.3. The average molecular weight is 402 g/mol. The first-order valence-electron chi connectivity index (χ1n) is 8.65. The third-order valence-corrected chi connectivity index (χ3v) is 4.88. The Labute approximate surface area is 167 Å². The van der Waals surface area contributed by atoms with Crippen molar-refractivity contribution in [3.63, 3.8) is 0 Å².